The normalized spacial score (nSPS) is 21.6. The monoisotopic (exact) mass is 310 g/mol. The van der Waals surface area contributed by atoms with Crippen molar-refractivity contribution in [2.24, 2.45) is 11.8 Å². The number of rotatable bonds is 3. The Morgan fingerprint density at radius 1 is 1.09 bits per heavy atom. The Balaban J connectivity index is 1.52. The summed E-state index contributed by atoms with van der Waals surface area (Å²) in [6.07, 6.45) is 6.75. The highest BCUT2D eigenvalue weighted by Gasteiger charge is 2.35. The van der Waals surface area contributed by atoms with Crippen molar-refractivity contribution < 1.29 is 4.79 Å². The average molecular weight is 310 g/mol. The van der Waals surface area contributed by atoms with Crippen LogP contribution in [0, 0.1) is 11.8 Å². The van der Waals surface area contributed by atoms with Crippen LogP contribution in [-0.2, 0) is 11.3 Å². The van der Waals surface area contributed by atoms with Gasteiger partial charge < -0.3 is 9.47 Å². The second kappa shape index (κ2) is 5.84. The van der Waals surface area contributed by atoms with Crippen LogP contribution in [0.1, 0.15) is 25.7 Å². The summed E-state index contributed by atoms with van der Waals surface area (Å²) >= 11 is 0. The molecule has 0 radical (unpaired) electrons. The van der Waals surface area contributed by atoms with Crippen LogP contribution >= 0.6 is 0 Å². The number of likely N-dealkylation sites (tertiary alicyclic amines) is 1. The summed E-state index contributed by atoms with van der Waals surface area (Å²) in [5.41, 5.74) is -0.0767. The van der Waals surface area contributed by atoms with Gasteiger partial charge in [-0.3, -0.25) is 9.59 Å². The summed E-state index contributed by atoms with van der Waals surface area (Å²) in [6, 6.07) is 9.44. The molecule has 1 unspecified atom stereocenters. The molecule has 1 aliphatic heterocycles. The summed E-state index contributed by atoms with van der Waals surface area (Å²) in [6.45, 7) is 1.87. The lowest BCUT2D eigenvalue weighted by Crippen LogP contribution is -2.43. The van der Waals surface area contributed by atoms with Crippen LogP contribution in [0.15, 0.2) is 41.3 Å². The van der Waals surface area contributed by atoms with Crippen LogP contribution in [0.2, 0.25) is 0 Å². The number of benzene rings is 1. The molecule has 4 nitrogen and oxygen atoms in total. The highest BCUT2D eigenvalue weighted by atomic mass is 16.2. The Labute approximate surface area is 135 Å². The van der Waals surface area contributed by atoms with Crippen LogP contribution < -0.4 is 5.56 Å². The minimum atomic E-state index is -0.0767. The first-order valence-corrected chi connectivity index (χ1v) is 8.58. The van der Waals surface area contributed by atoms with Gasteiger partial charge in [0.05, 0.1) is 0 Å². The summed E-state index contributed by atoms with van der Waals surface area (Å²) in [7, 11) is 0. The van der Waals surface area contributed by atoms with Crippen LogP contribution in [0.3, 0.4) is 0 Å². The maximum Gasteiger partial charge on any atom is 0.258 e. The first-order chi connectivity index (χ1) is 11.2. The second-order valence-electron chi connectivity index (χ2n) is 6.92. The van der Waals surface area contributed by atoms with E-state index in [0.717, 1.165) is 30.8 Å². The lowest BCUT2D eigenvalue weighted by Gasteiger charge is -2.33. The number of aromatic nitrogens is 1. The van der Waals surface area contributed by atoms with Crippen molar-refractivity contribution in [2.45, 2.75) is 32.2 Å². The number of pyridine rings is 1. The van der Waals surface area contributed by atoms with Crippen LogP contribution in [-0.4, -0.2) is 28.5 Å². The molecule has 0 bridgehead atoms. The first kappa shape index (κ1) is 14.5. The van der Waals surface area contributed by atoms with Gasteiger partial charge >= 0.3 is 0 Å². The molecule has 2 aromatic rings. The van der Waals surface area contributed by atoms with Gasteiger partial charge in [-0.15, -0.1) is 0 Å². The quantitative estimate of drug-likeness (QED) is 0.874. The fraction of sp³-hybridized carbons (Fsp3) is 0.474. The zero-order chi connectivity index (χ0) is 15.8. The molecule has 2 aliphatic rings. The van der Waals surface area contributed by atoms with Crippen molar-refractivity contribution in [3.63, 3.8) is 0 Å². The Morgan fingerprint density at radius 2 is 1.91 bits per heavy atom. The van der Waals surface area contributed by atoms with Crippen LogP contribution in [0.25, 0.3) is 10.8 Å². The van der Waals surface area contributed by atoms with Crippen LogP contribution in [0.4, 0.5) is 0 Å². The molecule has 1 aromatic carbocycles. The van der Waals surface area contributed by atoms with E-state index in [1.165, 1.54) is 19.3 Å². The molecule has 2 fully saturated rings. The highest BCUT2D eigenvalue weighted by molar-refractivity contribution is 5.82. The average Bonchev–Trinajstić information content (AvgIpc) is 3.43. The van der Waals surface area contributed by atoms with E-state index in [9.17, 15) is 9.59 Å². The van der Waals surface area contributed by atoms with Gasteiger partial charge in [0.2, 0.25) is 5.91 Å². The van der Waals surface area contributed by atoms with Gasteiger partial charge in [-0.1, -0.05) is 18.2 Å². The molecule has 1 aromatic heterocycles. The van der Waals surface area contributed by atoms with Gasteiger partial charge in [-0.2, -0.15) is 0 Å². The van der Waals surface area contributed by atoms with Crippen molar-refractivity contribution in [3.8, 4) is 0 Å². The number of hydrogen-bond acceptors (Lipinski definition) is 2. The Bertz CT molecular complexity index is 791. The van der Waals surface area contributed by atoms with Gasteiger partial charge in [0.15, 0.2) is 0 Å². The molecule has 0 spiro atoms. The van der Waals surface area contributed by atoms with Gasteiger partial charge in [-0.05, 0) is 55.0 Å². The molecule has 1 atom stereocenters. The van der Waals surface area contributed by atoms with E-state index in [2.05, 4.69) is 0 Å². The van der Waals surface area contributed by atoms with Gasteiger partial charge in [0.25, 0.3) is 5.56 Å². The first-order valence-electron chi connectivity index (χ1n) is 8.58. The van der Waals surface area contributed by atoms with Gasteiger partial charge in [-0.25, -0.2) is 0 Å². The molecule has 2 heterocycles. The standard InChI is InChI=1S/C19H22N2O2/c22-18(20-10-3-5-16(12-20)14-7-8-14)13-21-11-9-15-4-1-2-6-17(15)19(21)23/h1-2,4,6,9,11,14,16H,3,5,7-8,10,12-13H2. The minimum Gasteiger partial charge on any atom is -0.341 e. The highest BCUT2D eigenvalue weighted by Crippen LogP contribution is 2.40. The minimum absolute atomic E-state index is 0.0766. The predicted octanol–water partition coefficient (Wildman–Crippen LogP) is 2.65. The SMILES string of the molecule is O=C(Cn1ccc2ccccc2c1=O)N1CCCC(C2CC2)C1. The largest absolute Gasteiger partial charge is 0.341 e. The molecule has 1 amide bonds. The zero-order valence-corrected chi connectivity index (χ0v) is 13.3. The summed E-state index contributed by atoms with van der Waals surface area (Å²) < 4.78 is 1.55. The Kier molecular flexibility index (Phi) is 3.68. The molecule has 1 saturated carbocycles. The van der Waals surface area contributed by atoms with Crippen molar-refractivity contribution in [3.05, 3.63) is 46.9 Å². The van der Waals surface area contributed by atoms with E-state index in [0.29, 0.717) is 11.3 Å². The molecule has 23 heavy (non-hydrogen) atoms. The van der Waals surface area contributed by atoms with E-state index in [-0.39, 0.29) is 18.0 Å². The number of nitrogens with zero attached hydrogens (tertiary/aromatic N) is 2. The topological polar surface area (TPSA) is 42.3 Å². The van der Waals surface area contributed by atoms with Crippen molar-refractivity contribution in [2.75, 3.05) is 13.1 Å². The smallest absolute Gasteiger partial charge is 0.258 e. The number of amides is 1. The third-order valence-electron chi connectivity index (χ3n) is 5.29. The fourth-order valence-electron chi connectivity index (χ4n) is 3.79. The molecule has 0 N–H and O–H groups in total. The zero-order valence-electron chi connectivity index (χ0n) is 13.3. The molecule has 1 saturated heterocycles. The van der Waals surface area contributed by atoms with E-state index < -0.39 is 0 Å². The predicted molar refractivity (Wildman–Crippen MR) is 90.2 cm³/mol. The molecular formula is C19H22N2O2. The second-order valence-corrected chi connectivity index (χ2v) is 6.92. The summed E-state index contributed by atoms with van der Waals surface area (Å²) in [4.78, 5) is 27.1. The molecule has 4 heteroatoms. The van der Waals surface area contributed by atoms with Crippen molar-refractivity contribution >= 4 is 16.7 Å². The van der Waals surface area contributed by atoms with E-state index in [1.807, 2.05) is 35.2 Å². The number of fused-ring (bicyclic) bond motifs is 1. The lowest BCUT2D eigenvalue weighted by atomic mass is 9.93. The maximum atomic E-state index is 12.6. The van der Waals surface area contributed by atoms with Crippen LogP contribution in [0.5, 0.6) is 0 Å². The fourth-order valence-corrected chi connectivity index (χ4v) is 3.79. The molecule has 120 valence electrons. The molecule has 1 aliphatic carbocycles. The third-order valence-corrected chi connectivity index (χ3v) is 5.29. The number of piperidine rings is 1. The molecular weight excluding hydrogens is 288 g/mol. The Hall–Kier alpha value is -2.10. The van der Waals surface area contributed by atoms with E-state index >= 15 is 0 Å². The summed E-state index contributed by atoms with van der Waals surface area (Å²) in [5, 5.41) is 1.60. The lowest BCUT2D eigenvalue weighted by molar-refractivity contribution is -0.133. The summed E-state index contributed by atoms with van der Waals surface area (Å²) in [5.74, 6) is 1.60. The Morgan fingerprint density at radius 3 is 2.74 bits per heavy atom. The van der Waals surface area contributed by atoms with Crippen molar-refractivity contribution in [1.29, 1.82) is 0 Å². The van der Waals surface area contributed by atoms with Crippen molar-refractivity contribution in [1.82, 2.24) is 9.47 Å². The van der Waals surface area contributed by atoms with Gasteiger partial charge in [0.1, 0.15) is 6.54 Å². The van der Waals surface area contributed by atoms with E-state index in [1.54, 1.807) is 10.8 Å². The number of carbonyl (C=O) groups is 1. The van der Waals surface area contributed by atoms with E-state index in [4.69, 9.17) is 0 Å². The van der Waals surface area contributed by atoms with Gasteiger partial charge in [0, 0.05) is 24.7 Å². The maximum absolute atomic E-state index is 12.6. The molecule has 4 rings (SSSR count). The third kappa shape index (κ3) is 2.90. The number of hydrogen-bond donors (Lipinski definition) is 0. The number of carbonyl (C=O) groups excluding carboxylic acids is 1.